The summed E-state index contributed by atoms with van der Waals surface area (Å²) in [5, 5.41) is 9.50. The first kappa shape index (κ1) is 15.0. The van der Waals surface area contributed by atoms with E-state index in [1.54, 1.807) is 4.68 Å². The second-order valence-corrected chi connectivity index (χ2v) is 6.60. The highest BCUT2D eigenvalue weighted by atomic mass is 16.5. The van der Waals surface area contributed by atoms with Crippen molar-refractivity contribution in [1.82, 2.24) is 29.9 Å². The van der Waals surface area contributed by atoms with Gasteiger partial charge in [-0.1, -0.05) is 19.0 Å². The topological polar surface area (TPSA) is 85.8 Å². The van der Waals surface area contributed by atoms with Gasteiger partial charge in [-0.2, -0.15) is 10.1 Å². The first-order chi connectivity index (χ1) is 11.5. The van der Waals surface area contributed by atoms with Gasteiger partial charge in [0.25, 0.3) is 0 Å². The normalized spacial score (nSPS) is 18.2. The number of hydrogen-bond donors (Lipinski definition) is 0. The summed E-state index contributed by atoms with van der Waals surface area (Å²) < 4.78 is 7.18. The quantitative estimate of drug-likeness (QED) is 0.730. The van der Waals surface area contributed by atoms with Crippen LogP contribution in [-0.4, -0.2) is 36.4 Å². The fourth-order valence-corrected chi connectivity index (χ4v) is 3.24. The summed E-state index contributed by atoms with van der Waals surface area (Å²) in [6, 6.07) is 0.0824. The highest BCUT2D eigenvalue weighted by Gasteiger charge is 2.33. The van der Waals surface area contributed by atoms with E-state index in [0.717, 1.165) is 47.9 Å². The van der Waals surface area contributed by atoms with E-state index in [1.165, 1.54) is 0 Å². The van der Waals surface area contributed by atoms with Gasteiger partial charge in [-0.15, -0.1) is 0 Å². The molecule has 8 nitrogen and oxygen atoms in total. The molecule has 1 aliphatic heterocycles. The Hall–Kier alpha value is -2.51. The van der Waals surface area contributed by atoms with Gasteiger partial charge in [-0.3, -0.25) is 4.68 Å². The van der Waals surface area contributed by atoms with Gasteiger partial charge in [0.05, 0.1) is 17.6 Å². The Labute approximate surface area is 139 Å². The molecule has 4 rings (SSSR count). The minimum atomic E-state index is 0.0824. The van der Waals surface area contributed by atoms with Crippen molar-refractivity contribution in [3.8, 4) is 0 Å². The zero-order chi connectivity index (χ0) is 16.8. The Kier molecular flexibility index (Phi) is 3.47. The summed E-state index contributed by atoms with van der Waals surface area (Å²) in [5.74, 6) is 3.30. The van der Waals surface area contributed by atoms with Gasteiger partial charge in [0, 0.05) is 19.5 Å². The van der Waals surface area contributed by atoms with E-state index in [-0.39, 0.29) is 12.0 Å². The van der Waals surface area contributed by atoms with E-state index in [1.807, 2.05) is 20.2 Å². The number of nitrogens with zero attached hydrogens (tertiary/aromatic N) is 7. The maximum absolute atomic E-state index is 5.40. The molecule has 1 aliphatic rings. The lowest BCUT2D eigenvalue weighted by Gasteiger charge is -2.24. The molecule has 3 aromatic heterocycles. The van der Waals surface area contributed by atoms with Crippen molar-refractivity contribution < 1.29 is 4.52 Å². The van der Waals surface area contributed by atoms with Crippen LogP contribution in [0.5, 0.6) is 0 Å². The van der Waals surface area contributed by atoms with E-state index in [2.05, 4.69) is 44.0 Å². The van der Waals surface area contributed by atoms with Crippen LogP contribution >= 0.6 is 0 Å². The zero-order valence-electron chi connectivity index (χ0n) is 14.4. The first-order valence-corrected chi connectivity index (χ1v) is 8.31. The highest BCUT2D eigenvalue weighted by Crippen LogP contribution is 2.37. The van der Waals surface area contributed by atoms with Gasteiger partial charge in [-0.05, 0) is 19.8 Å². The fourth-order valence-electron chi connectivity index (χ4n) is 3.24. The fraction of sp³-hybridized carbons (Fsp3) is 0.562. The van der Waals surface area contributed by atoms with Crippen LogP contribution < -0.4 is 4.90 Å². The van der Waals surface area contributed by atoms with Gasteiger partial charge in [0.1, 0.15) is 11.6 Å². The second kappa shape index (κ2) is 5.54. The molecule has 1 atom stereocenters. The van der Waals surface area contributed by atoms with Gasteiger partial charge < -0.3 is 9.42 Å². The number of aryl methyl sites for hydroxylation is 2. The van der Waals surface area contributed by atoms with Crippen molar-refractivity contribution >= 4 is 16.9 Å². The van der Waals surface area contributed by atoms with Gasteiger partial charge in [0.2, 0.25) is 5.89 Å². The Bertz CT molecular complexity index is 882. The molecule has 0 N–H and O–H groups in total. The molecule has 3 aromatic rings. The van der Waals surface area contributed by atoms with Crippen LogP contribution in [0.3, 0.4) is 0 Å². The molecule has 0 saturated carbocycles. The monoisotopic (exact) mass is 327 g/mol. The Balaban J connectivity index is 1.77. The predicted molar refractivity (Wildman–Crippen MR) is 88.7 cm³/mol. The van der Waals surface area contributed by atoms with Crippen molar-refractivity contribution in [3.63, 3.8) is 0 Å². The van der Waals surface area contributed by atoms with Crippen LogP contribution in [0.25, 0.3) is 11.0 Å². The van der Waals surface area contributed by atoms with Crippen molar-refractivity contribution in [1.29, 1.82) is 0 Å². The summed E-state index contributed by atoms with van der Waals surface area (Å²) in [6.45, 7) is 6.93. The molecule has 8 heteroatoms. The Morgan fingerprint density at radius 1 is 1.25 bits per heavy atom. The molecule has 0 amide bonds. The lowest BCUT2D eigenvalue weighted by molar-refractivity contribution is 0.358. The molecule has 4 heterocycles. The van der Waals surface area contributed by atoms with Crippen molar-refractivity contribution in [2.24, 2.45) is 7.05 Å². The molecule has 0 bridgehead atoms. The summed E-state index contributed by atoms with van der Waals surface area (Å²) in [6.07, 6.45) is 3.89. The molecular weight excluding hydrogens is 306 g/mol. The third-order valence-corrected chi connectivity index (χ3v) is 4.46. The maximum atomic E-state index is 5.40. The van der Waals surface area contributed by atoms with Crippen LogP contribution in [0.15, 0.2) is 10.7 Å². The van der Waals surface area contributed by atoms with E-state index in [4.69, 9.17) is 4.52 Å². The van der Waals surface area contributed by atoms with Gasteiger partial charge in [0.15, 0.2) is 11.5 Å². The molecule has 1 unspecified atom stereocenters. The number of aromatic nitrogens is 6. The molecule has 0 spiro atoms. The summed E-state index contributed by atoms with van der Waals surface area (Å²) >= 11 is 0. The van der Waals surface area contributed by atoms with E-state index < -0.39 is 0 Å². The summed E-state index contributed by atoms with van der Waals surface area (Å²) in [4.78, 5) is 16.0. The second-order valence-electron chi connectivity index (χ2n) is 6.60. The zero-order valence-corrected chi connectivity index (χ0v) is 14.4. The molecule has 0 radical (unpaired) electrons. The Morgan fingerprint density at radius 3 is 2.83 bits per heavy atom. The predicted octanol–water partition coefficient (Wildman–Crippen LogP) is 2.52. The maximum Gasteiger partial charge on any atom is 0.229 e. The SMILES string of the molecule is Cc1nc(N2CCCC2c2noc(C(C)C)n2)c2cnn(C)c2n1. The number of hydrogen-bond acceptors (Lipinski definition) is 7. The van der Waals surface area contributed by atoms with E-state index in [0.29, 0.717) is 5.89 Å². The number of fused-ring (bicyclic) bond motifs is 1. The average molecular weight is 327 g/mol. The minimum Gasteiger partial charge on any atom is -0.345 e. The van der Waals surface area contributed by atoms with Crippen molar-refractivity contribution in [2.75, 3.05) is 11.4 Å². The van der Waals surface area contributed by atoms with Crippen molar-refractivity contribution in [3.05, 3.63) is 23.7 Å². The Morgan fingerprint density at radius 2 is 2.08 bits per heavy atom. The molecule has 1 saturated heterocycles. The van der Waals surface area contributed by atoms with Crippen molar-refractivity contribution in [2.45, 2.75) is 45.6 Å². The average Bonchev–Trinajstić information content (AvgIpc) is 3.25. The van der Waals surface area contributed by atoms with Gasteiger partial charge in [-0.25, -0.2) is 9.97 Å². The molecular formula is C16H21N7O. The van der Waals surface area contributed by atoms with E-state index >= 15 is 0 Å². The smallest absolute Gasteiger partial charge is 0.229 e. The number of anilines is 1. The molecule has 126 valence electrons. The van der Waals surface area contributed by atoms with E-state index in [9.17, 15) is 0 Å². The highest BCUT2D eigenvalue weighted by molar-refractivity contribution is 5.87. The van der Waals surface area contributed by atoms with Crippen LogP contribution in [0.4, 0.5) is 5.82 Å². The summed E-state index contributed by atoms with van der Waals surface area (Å²) in [7, 11) is 1.90. The van der Waals surface area contributed by atoms with Crippen LogP contribution in [0.1, 0.15) is 56.2 Å². The molecule has 1 fully saturated rings. The number of rotatable bonds is 3. The molecule has 0 aliphatic carbocycles. The lowest BCUT2D eigenvalue weighted by atomic mass is 10.2. The molecule has 0 aromatic carbocycles. The molecule has 24 heavy (non-hydrogen) atoms. The third-order valence-electron chi connectivity index (χ3n) is 4.46. The summed E-state index contributed by atoms with van der Waals surface area (Å²) in [5.41, 5.74) is 0.846. The van der Waals surface area contributed by atoms with Crippen LogP contribution in [-0.2, 0) is 7.05 Å². The third kappa shape index (κ3) is 2.33. The largest absolute Gasteiger partial charge is 0.345 e. The van der Waals surface area contributed by atoms with Gasteiger partial charge >= 0.3 is 0 Å². The van der Waals surface area contributed by atoms with Crippen LogP contribution in [0.2, 0.25) is 0 Å². The first-order valence-electron chi connectivity index (χ1n) is 8.31. The lowest BCUT2D eigenvalue weighted by Crippen LogP contribution is -2.25. The van der Waals surface area contributed by atoms with Crippen LogP contribution in [0, 0.1) is 6.92 Å². The standard InChI is InChI=1S/C16H21N7O/c1-9(2)16-20-13(21-24-16)12-6-5-7-23(12)15-11-8-17-22(4)14(11)18-10(3)19-15/h8-9,12H,5-7H2,1-4H3. The minimum absolute atomic E-state index is 0.0824.